The number of carbonyl (C=O) groups is 1. The number of ether oxygens (including phenoxy) is 1. The summed E-state index contributed by atoms with van der Waals surface area (Å²) in [7, 11) is 1.39. The highest BCUT2D eigenvalue weighted by Crippen LogP contribution is 2.16. The molecule has 0 saturated heterocycles. The minimum atomic E-state index is -0.313. The molecule has 1 aromatic carbocycles. The number of rotatable bonds is 7. The van der Waals surface area contributed by atoms with E-state index in [0.29, 0.717) is 17.3 Å². The van der Waals surface area contributed by atoms with Crippen molar-refractivity contribution in [2.45, 2.75) is 39.2 Å². The van der Waals surface area contributed by atoms with Crippen LogP contribution in [0.2, 0.25) is 0 Å². The molecule has 0 radical (unpaired) electrons. The Morgan fingerprint density at radius 1 is 1.29 bits per heavy atom. The maximum Gasteiger partial charge on any atom is 0.338 e. The lowest BCUT2D eigenvalue weighted by Crippen LogP contribution is -2.22. The largest absolute Gasteiger partial charge is 0.465 e. The number of esters is 1. The Balaban J connectivity index is 2.05. The van der Waals surface area contributed by atoms with Gasteiger partial charge in [-0.3, -0.25) is 0 Å². The first-order valence-corrected chi connectivity index (χ1v) is 7.94. The van der Waals surface area contributed by atoms with Gasteiger partial charge < -0.3 is 15.8 Å². The van der Waals surface area contributed by atoms with Gasteiger partial charge in [0.2, 0.25) is 11.9 Å². The average Bonchev–Trinajstić information content (AvgIpc) is 2.57. The molecule has 0 spiro atoms. The Kier molecular flexibility index (Phi) is 6.06. The van der Waals surface area contributed by atoms with Gasteiger partial charge >= 0.3 is 5.97 Å². The molecule has 1 heterocycles. The molecule has 0 aliphatic rings. The number of benzene rings is 1. The number of aryl methyl sites for hydroxylation is 2. The fraction of sp³-hybridized carbons (Fsp3) is 0.412. The molecular weight excluding hydrogens is 306 g/mol. The van der Waals surface area contributed by atoms with E-state index in [1.165, 1.54) is 7.11 Å². The minimum absolute atomic E-state index is 0.164. The molecule has 2 rings (SSSR count). The van der Waals surface area contributed by atoms with Crippen molar-refractivity contribution >= 4 is 17.9 Å². The lowest BCUT2D eigenvalue weighted by Gasteiger charge is -2.18. The monoisotopic (exact) mass is 329 g/mol. The van der Waals surface area contributed by atoms with Gasteiger partial charge in [-0.1, -0.05) is 25.1 Å². The van der Waals surface area contributed by atoms with E-state index in [-0.39, 0.29) is 18.0 Å². The summed E-state index contributed by atoms with van der Waals surface area (Å²) in [6.45, 7) is 3.86. The summed E-state index contributed by atoms with van der Waals surface area (Å²) in [6.07, 6.45) is 2.47. The van der Waals surface area contributed by atoms with Crippen LogP contribution in [-0.2, 0) is 11.2 Å². The van der Waals surface area contributed by atoms with Crippen molar-refractivity contribution in [1.29, 1.82) is 0 Å². The lowest BCUT2D eigenvalue weighted by molar-refractivity contribution is 0.0599. The quantitative estimate of drug-likeness (QED) is 0.752. The number of carbonyl (C=O) groups excluding carboxylic acids is 1. The minimum Gasteiger partial charge on any atom is -0.465 e. The van der Waals surface area contributed by atoms with Crippen molar-refractivity contribution in [2.24, 2.45) is 0 Å². The molecule has 7 nitrogen and oxygen atoms in total. The molecule has 2 aromatic rings. The summed E-state index contributed by atoms with van der Waals surface area (Å²) in [6, 6.07) is 7.65. The molecule has 3 N–H and O–H groups in total. The van der Waals surface area contributed by atoms with Gasteiger partial charge in [0.15, 0.2) is 0 Å². The molecule has 1 aromatic heterocycles. The second-order valence-electron chi connectivity index (χ2n) is 5.50. The van der Waals surface area contributed by atoms with Gasteiger partial charge in [-0.05, 0) is 37.8 Å². The third-order valence-electron chi connectivity index (χ3n) is 3.78. The van der Waals surface area contributed by atoms with E-state index in [0.717, 1.165) is 24.8 Å². The van der Waals surface area contributed by atoms with E-state index in [1.54, 1.807) is 13.0 Å². The number of hydrogen-bond donors (Lipinski definition) is 2. The molecule has 0 bridgehead atoms. The summed E-state index contributed by atoms with van der Waals surface area (Å²) in [5.74, 6) is 0.951. The normalized spacial score (nSPS) is 11.8. The average molecular weight is 329 g/mol. The third-order valence-corrected chi connectivity index (χ3v) is 3.78. The number of aromatic nitrogens is 3. The Bertz CT molecular complexity index is 685. The van der Waals surface area contributed by atoms with Gasteiger partial charge in [0.25, 0.3) is 0 Å². The van der Waals surface area contributed by atoms with Crippen LogP contribution in [0, 0.1) is 6.92 Å². The Morgan fingerprint density at radius 2 is 2.04 bits per heavy atom. The second kappa shape index (κ2) is 8.24. The second-order valence-corrected chi connectivity index (χ2v) is 5.50. The van der Waals surface area contributed by atoms with Gasteiger partial charge in [0, 0.05) is 6.04 Å². The van der Waals surface area contributed by atoms with E-state index in [9.17, 15) is 4.79 Å². The smallest absolute Gasteiger partial charge is 0.338 e. The molecule has 1 unspecified atom stereocenters. The molecule has 0 saturated carbocycles. The molecule has 0 fully saturated rings. The Labute approximate surface area is 141 Å². The maximum absolute atomic E-state index is 11.8. The molecular formula is C17H23N5O2. The van der Waals surface area contributed by atoms with E-state index in [4.69, 9.17) is 10.5 Å². The summed E-state index contributed by atoms with van der Waals surface area (Å²) in [5, 5.41) is 3.28. The van der Waals surface area contributed by atoms with Crippen molar-refractivity contribution in [3.8, 4) is 0 Å². The van der Waals surface area contributed by atoms with Crippen LogP contribution in [0.15, 0.2) is 24.3 Å². The number of methoxy groups -OCH3 is 1. The molecule has 1 atom stereocenters. The highest BCUT2D eigenvalue weighted by atomic mass is 16.5. The highest BCUT2D eigenvalue weighted by Gasteiger charge is 2.14. The van der Waals surface area contributed by atoms with Crippen LogP contribution in [-0.4, -0.2) is 34.1 Å². The first kappa shape index (κ1) is 17.7. The van der Waals surface area contributed by atoms with Gasteiger partial charge in [-0.15, -0.1) is 0 Å². The molecule has 7 heteroatoms. The number of nitrogen functional groups attached to an aromatic ring is 1. The number of nitrogens with zero attached hydrogens (tertiary/aromatic N) is 3. The number of nitrogens with two attached hydrogens (primary N) is 1. The van der Waals surface area contributed by atoms with E-state index in [1.807, 2.05) is 18.2 Å². The standard InChI is InChI=1S/C17H23N5O2/c1-4-13(21-17-20-11(2)19-16(18)22-17)10-9-12-7-5-6-8-14(12)15(23)24-3/h5-8,13H,4,9-10H2,1-3H3,(H3,18,19,20,21,22). The van der Waals surface area contributed by atoms with Crippen molar-refractivity contribution in [3.63, 3.8) is 0 Å². The molecule has 128 valence electrons. The summed E-state index contributed by atoms with van der Waals surface area (Å²) >= 11 is 0. The van der Waals surface area contributed by atoms with E-state index in [2.05, 4.69) is 27.2 Å². The zero-order chi connectivity index (χ0) is 17.5. The number of hydrogen-bond acceptors (Lipinski definition) is 7. The summed E-state index contributed by atoms with van der Waals surface area (Å²) < 4.78 is 4.84. The van der Waals surface area contributed by atoms with Gasteiger partial charge in [0.1, 0.15) is 5.82 Å². The van der Waals surface area contributed by atoms with Crippen LogP contribution in [0.5, 0.6) is 0 Å². The van der Waals surface area contributed by atoms with Crippen LogP contribution >= 0.6 is 0 Å². The van der Waals surface area contributed by atoms with Crippen molar-refractivity contribution in [3.05, 3.63) is 41.2 Å². The van der Waals surface area contributed by atoms with Crippen LogP contribution in [0.1, 0.15) is 41.5 Å². The van der Waals surface area contributed by atoms with E-state index < -0.39 is 0 Å². The van der Waals surface area contributed by atoms with Crippen molar-refractivity contribution in [1.82, 2.24) is 15.0 Å². The summed E-state index contributed by atoms with van der Waals surface area (Å²) in [4.78, 5) is 24.2. The number of nitrogens with one attached hydrogen (secondary N) is 1. The lowest BCUT2D eigenvalue weighted by atomic mass is 9.99. The van der Waals surface area contributed by atoms with Gasteiger partial charge in [-0.25, -0.2) is 4.79 Å². The van der Waals surface area contributed by atoms with Crippen LogP contribution in [0.3, 0.4) is 0 Å². The Morgan fingerprint density at radius 3 is 2.71 bits per heavy atom. The fourth-order valence-corrected chi connectivity index (χ4v) is 2.51. The predicted octanol–water partition coefficient (Wildman–Crippen LogP) is 2.37. The number of anilines is 2. The van der Waals surface area contributed by atoms with Crippen LogP contribution < -0.4 is 11.1 Å². The maximum atomic E-state index is 11.8. The first-order chi connectivity index (χ1) is 11.5. The van der Waals surface area contributed by atoms with Crippen LogP contribution in [0.4, 0.5) is 11.9 Å². The topological polar surface area (TPSA) is 103 Å². The first-order valence-electron chi connectivity index (χ1n) is 7.94. The van der Waals surface area contributed by atoms with Gasteiger partial charge in [-0.2, -0.15) is 15.0 Å². The zero-order valence-electron chi connectivity index (χ0n) is 14.2. The fourth-order valence-electron chi connectivity index (χ4n) is 2.51. The third kappa shape index (κ3) is 4.65. The van der Waals surface area contributed by atoms with Crippen molar-refractivity contribution in [2.75, 3.05) is 18.2 Å². The molecule has 0 amide bonds. The molecule has 24 heavy (non-hydrogen) atoms. The van der Waals surface area contributed by atoms with Crippen molar-refractivity contribution < 1.29 is 9.53 Å². The summed E-state index contributed by atoms with van der Waals surface area (Å²) in [5.41, 5.74) is 7.23. The van der Waals surface area contributed by atoms with Gasteiger partial charge in [0.05, 0.1) is 12.7 Å². The molecule has 0 aliphatic carbocycles. The Hall–Kier alpha value is -2.70. The SMILES string of the molecule is CCC(CCc1ccccc1C(=O)OC)Nc1nc(C)nc(N)n1. The van der Waals surface area contributed by atoms with E-state index >= 15 is 0 Å². The molecule has 0 aliphatic heterocycles. The highest BCUT2D eigenvalue weighted by molar-refractivity contribution is 5.90. The predicted molar refractivity (Wildman–Crippen MR) is 92.8 cm³/mol. The zero-order valence-corrected chi connectivity index (χ0v) is 14.2. The van der Waals surface area contributed by atoms with Crippen LogP contribution in [0.25, 0.3) is 0 Å².